The summed E-state index contributed by atoms with van der Waals surface area (Å²) in [6.45, 7) is 0. The summed E-state index contributed by atoms with van der Waals surface area (Å²) in [5, 5.41) is 20.6. The van der Waals surface area contributed by atoms with Gasteiger partial charge in [0.25, 0.3) is 5.56 Å². The van der Waals surface area contributed by atoms with Gasteiger partial charge >= 0.3 is 5.88 Å². The zero-order valence-corrected chi connectivity index (χ0v) is 12.2. The van der Waals surface area contributed by atoms with Crippen LogP contribution < -0.4 is 5.56 Å². The van der Waals surface area contributed by atoms with Gasteiger partial charge in [0.15, 0.2) is 0 Å². The fourth-order valence-electron chi connectivity index (χ4n) is 1.93. The van der Waals surface area contributed by atoms with E-state index < -0.39 is 16.4 Å². The van der Waals surface area contributed by atoms with E-state index in [9.17, 15) is 20.2 Å². The van der Waals surface area contributed by atoms with Crippen molar-refractivity contribution in [2.24, 2.45) is 0 Å². The topological polar surface area (TPSA) is 110 Å². The Morgan fingerprint density at radius 1 is 1.35 bits per heavy atom. The minimum Gasteiger partial charge on any atom is -0.401 e. The molecule has 0 saturated heterocycles. The minimum atomic E-state index is -0.671. The summed E-state index contributed by atoms with van der Waals surface area (Å²) in [7, 11) is 0. The average molecular weight is 325 g/mol. The Kier molecular flexibility index (Phi) is 3.70. The Bertz CT molecular complexity index is 1040. The number of furan rings is 1. The van der Waals surface area contributed by atoms with Gasteiger partial charge in [-0.3, -0.25) is 14.9 Å². The molecule has 3 aromatic rings. The van der Waals surface area contributed by atoms with Gasteiger partial charge in [-0.05, 0) is 18.2 Å². The van der Waals surface area contributed by atoms with E-state index in [2.05, 4.69) is 4.98 Å². The number of nitriles is 1. The average Bonchev–Trinajstić information content (AvgIpc) is 3.01. The summed E-state index contributed by atoms with van der Waals surface area (Å²) < 4.78 is 5.69. The van der Waals surface area contributed by atoms with Crippen LogP contribution in [0.5, 0.6) is 0 Å². The zero-order valence-electron chi connectivity index (χ0n) is 11.4. The summed E-state index contributed by atoms with van der Waals surface area (Å²) in [6.07, 6.45) is 1.32. The molecule has 112 valence electrons. The number of hydrogen-bond acceptors (Lipinski definition) is 7. The van der Waals surface area contributed by atoms with Crippen molar-refractivity contribution in [3.63, 3.8) is 0 Å². The quantitative estimate of drug-likeness (QED) is 0.415. The lowest BCUT2D eigenvalue weighted by molar-refractivity contribution is -0.402. The standard InChI is InChI=1S/C15H7N3O4S/c16-8-9(7-10-5-6-13(22-10)18(20)21)15-17-14(19)11-3-1-2-4-12(11)23-15/h1-7H. The molecular formula is C15H7N3O4S. The van der Waals surface area contributed by atoms with Gasteiger partial charge in [0.2, 0.25) is 0 Å². The van der Waals surface area contributed by atoms with Gasteiger partial charge in [0, 0.05) is 10.8 Å². The Balaban J connectivity index is 2.10. The van der Waals surface area contributed by atoms with Crippen LogP contribution in [0.2, 0.25) is 0 Å². The van der Waals surface area contributed by atoms with Gasteiger partial charge in [0.1, 0.15) is 21.8 Å². The predicted octanol–water partition coefficient (Wildman–Crippen LogP) is 3.22. The lowest BCUT2D eigenvalue weighted by atomic mass is 10.2. The van der Waals surface area contributed by atoms with Crippen molar-refractivity contribution in [1.82, 2.24) is 4.98 Å². The van der Waals surface area contributed by atoms with Gasteiger partial charge < -0.3 is 4.42 Å². The molecule has 0 fully saturated rings. The second-order valence-electron chi connectivity index (χ2n) is 4.42. The molecule has 1 aromatic carbocycles. The smallest absolute Gasteiger partial charge is 0.401 e. The third kappa shape index (κ3) is 2.86. The maximum atomic E-state index is 12.0. The molecule has 0 unspecified atom stereocenters. The van der Waals surface area contributed by atoms with Crippen molar-refractivity contribution in [3.05, 3.63) is 67.6 Å². The first-order valence-electron chi connectivity index (χ1n) is 6.35. The highest BCUT2D eigenvalue weighted by Gasteiger charge is 2.13. The molecule has 0 radical (unpaired) electrons. The lowest BCUT2D eigenvalue weighted by Gasteiger charge is -1.99. The molecule has 0 spiro atoms. The number of benzene rings is 1. The molecule has 7 nitrogen and oxygen atoms in total. The number of rotatable bonds is 3. The van der Waals surface area contributed by atoms with Crippen LogP contribution in [0.3, 0.4) is 0 Å². The number of hydrogen-bond donors (Lipinski definition) is 0. The molecular weight excluding hydrogens is 318 g/mol. The van der Waals surface area contributed by atoms with Crippen LogP contribution >= 0.6 is 11.3 Å². The van der Waals surface area contributed by atoms with E-state index in [0.717, 1.165) is 0 Å². The fourth-order valence-corrected chi connectivity index (χ4v) is 2.89. The number of nitro groups is 1. The normalized spacial score (nSPS) is 11.3. The third-order valence-electron chi connectivity index (χ3n) is 2.96. The van der Waals surface area contributed by atoms with E-state index in [-0.39, 0.29) is 16.3 Å². The highest BCUT2D eigenvalue weighted by Crippen LogP contribution is 2.25. The summed E-state index contributed by atoms with van der Waals surface area (Å²) in [5.41, 5.74) is -0.331. The number of allylic oxidation sites excluding steroid dienone is 1. The number of nitrogens with zero attached hydrogens (tertiary/aromatic N) is 3. The summed E-state index contributed by atoms with van der Waals surface area (Å²) in [5.74, 6) is -0.281. The number of fused-ring (bicyclic) bond motifs is 1. The van der Waals surface area contributed by atoms with Crippen molar-refractivity contribution >= 4 is 39.0 Å². The van der Waals surface area contributed by atoms with E-state index in [1.807, 2.05) is 6.07 Å². The molecule has 3 rings (SSSR count). The van der Waals surface area contributed by atoms with Crippen LogP contribution in [0.25, 0.3) is 21.7 Å². The highest BCUT2D eigenvalue weighted by molar-refractivity contribution is 7.19. The fraction of sp³-hybridized carbons (Fsp3) is 0. The first-order valence-corrected chi connectivity index (χ1v) is 7.16. The van der Waals surface area contributed by atoms with Crippen LogP contribution in [0.4, 0.5) is 5.88 Å². The van der Waals surface area contributed by atoms with Crippen molar-refractivity contribution in [2.75, 3.05) is 0 Å². The van der Waals surface area contributed by atoms with Crippen LogP contribution in [0, 0.1) is 21.4 Å². The van der Waals surface area contributed by atoms with Crippen LogP contribution in [-0.4, -0.2) is 9.91 Å². The van der Waals surface area contributed by atoms with Crippen molar-refractivity contribution in [1.29, 1.82) is 5.26 Å². The zero-order chi connectivity index (χ0) is 16.4. The van der Waals surface area contributed by atoms with Gasteiger partial charge in [-0.1, -0.05) is 12.1 Å². The van der Waals surface area contributed by atoms with E-state index in [4.69, 9.17) is 4.42 Å². The maximum absolute atomic E-state index is 12.0. The Morgan fingerprint density at radius 3 is 2.83 bits per heavy atom. The molecule has 0 saturated carbocycles. The largest absolute Gasteiger partial charge is 0.433 e. The Labute approximate surface area is 132 Å². The summed E-state index contributed by atoms with van der Waals surface area (Å²) >= 11 is 1.19. The van der Waals surface area contributed by atoms with Gasteiger partial charge in [-0.15, -0.1) is 11.3 Å². The molecule has 0 N–H and O–H groups in total. The second kappa shape index (κ2) is 5.82. The monoisotopic (exact) mass is 325 g/mol. The molecule has 0 aliphatic rings. The molecule has 0 atom stereocenters. The Morgan fingerprint density at radius 2 is 2.13 bits per heavy atom. The highest BCUT2D eigenvalue weighted by atomic mass is 32.1. The van der Waals surface area contributed by atoms with E-state index in [1.54, 1.807) is 24.3 Å². The first kappa shape index (κ1) is 14.6. The third-order valence-corrected chi connectivity index (χ3v) is 4.04. The molecule has 0 aliphatic heterocycles. The van der Waals surface area contributed by atoms with Crippen LogP contribution in [-0.2, 0) is 0 Å². The molecule has 0 amide bonds. The molecule has 8 heteroatoms. The van der Waals surface area contributed by atoms with Gasteiger partial charge in [-0.2, -0.15) is 10.2 Å². The lowest BCUT2D eigenvalue weighted by Crippen LogP contribution is -2.07. The maximum Gasteiger partial charge on any atom is 0.433 e. The van der Waals surface area contributed by atoms with E-state index in [0.29, 0.717) is 10.1 Å². The summed E-state index contributed by atoms with van der Waals surface area (Å²) in [4.78, 5) is 25.9. The molecule has 2 heterocycles. The Hall–Kier alpha value is -3.31. The number of aromatic nitrogens is 1. The molecule has 2 aromatic heterocycles. The van der Waals surface area contributed by atoms with Crippen molar-refractivity contribution in [2.45, 2.75) is 0 Å². The summed E-state index contributed by atoms with van der Waals surface area (Å²) in [6, 6.07) is 11.5. The van der Waals surface area contributed by atoms with Crippen molar-refractivity contribution in [3.8, 4) is 6.07 Å². The predicted molar refractivity (Wildman–Crippen MR) is 84.7 cm³/mol. The van der Waals surface area contributed by atoms with Crippen molar-refractivity contribution < 1.29 is 9.34 Å². The van der Waals surface area contributed by atoms with Crippen LogP contribution in [0.1, 0.15) is 10.8 Å². The minimum absolute atomic E-state index is 0.0992. The van der Waals surface area contributed by atoms with Gasteiger partial charge in [0.05, 0.1) is 17.0 Å². The molecule has 23 heavy (non-hydrogen) atoms. The molecule has 0 bridgehead atoms. The molecule has 0 aliphatic carbocycles. The SMILES string of the molecule is N#CC(=Cc1ccc([N+](=O)[O-])o1)c1nc(=O)c2ccccc2s1. The first-order chi connectivity index (χ1) is 11.1. The second-order valence-corrected chi connectivity index (χ2v) is 5.45. The van der Waals surface area contributed by atoms with Crippen LogP contribution in [0.15, 0.2) is 45.6 Å². The van der Waals surface area contributed by atoms with E-state index >= 15 is 0 Å². The van der Waals surface area contributed by atoms with E-state index in [1.165, 1.54) is 29.5 Å². The van der Waals surface area contributed by atoms with Gasteiger partial charge in [-0.25, -0.2) is 0 Å².